The molecule has 1 saturated heterocycles. The molecule has 0 spiro atoms. The zero-order valence-electron chi connectivity index (χ0n) is 10.2. The van der Waals surface area contributed by atoms with Crippen molar-refractivity contribution in [2.24, 2.45) is 5.92 Å². The smallest absolute Gasteiger partial charge is 0.257 e. The lowest BCUT2D eigenvalue weighted by molar-refractivity contribution is -0.140. The molecule has 0 N–H and O–H groups in total. The summed E-state index contributed by atoms with van der Waals surface area (Å²) in [5.41, 5.74) is 0. The normalized spacial score (nSPS) is 30.3. The fourth-order valence-electron chi connectivity index (χ4n) is 2.22. The summed E-state index contributed by atoms with van der Waals surface area (Å²) in [5.74, 6) is -0.473. The Balaban J connectivity index is 2.66. The predicted octanol–water partition coefficient (Wildman–Crippen LogP) is 2.77. The molecule has 0 aliphatic carbocycles. The lowest BCUT2D eigenvalue weighted by Crippen LogP contribution is -2.45. The van der Waals surface area contributed by atoms with Crippen molar-refractivity contribution in [1.29, 1.82) is 0 Å². The third-order valence-corrected chi connectivity index (χ3v) is 3.59. The van der Waals surface area contributed by atoms with Crippen LogP contribution >= 0.6 is 0 Å². The Hall–Kier alpha value is -0.600. The molecule has 0 radical (unpaired) electrons. The Morgan fingerprint density at radius 3 is 2.27 bits per heavy atom. The average molecular weight is 215 g/mol. The van der Waals surface area contributed by atoms with Gasteiger partial charge in [0.25, 0.3) is 5.91 Å². The molecule has 1 amide bonds. The first kappa shape index (κ1) is 12.5. The molecule has 0 saturated carbocycles. The van der Waals surface area contributed by atoms with Gasteiger partial charge in [-0.2, -0.15) is 0 Å². The number of rotatable bonds is 3. The fraction of sp³-hybridized carbons (Fsp3) is 0.917. The summed E-state index contributed by atoms with van der Waals surface area (Å²) in [6, 6.07) is 0.407. The van der Waals surface area contributed by atoms with Crippen LogP contribution in [0.2, 0.25) is 0 Å². The van der Waals surface area contributed by atoms with Crippen molar-refractivity contribution in [2.45, 2.75) is 65.2 Å². The van der Waals surface area contributed by atoms with Crippen LogP contribution in [0, 0.1) is 5.92 Å². The molecule has 1 aliphatic heterocycles. The van der Waals surface area contributed by atoms with Gasteiger partial charge in [-0.1, -0.05) is 20.3 Å². The van der Waals surface area contributed by atoms with Gasteiger partial charge >= 0.3 is 0 Å². The second kappa shape index (κ2) is 4.95. The maximum atomic E-state index is 13.8. The standard InChI is InChI=1S/C12H22FNO/c1-5-8(2)11(13)12(15)14-9(3)6-7-10(14)4/h8-11H,5-7H2,1-4H3/t8-,9-,10-,11+/m1/s1. The monoisotopic (exact) mass is 215 g/mol. The van der Waals surface area contributed by atoms with Gasteiger partial charge in [-0.3, -0.25) is 4.79 Å². The van der Waals surface area contributed by atoms with E-state index < -0.39 is 6.17 Å². The third-order valence-electron chi connectivity index (χ3n) is 3.59. The molecule has 1 aliphatic rings. The molecule has 1 rings (SSSR count). The van der Waals surface area contributed by atoms with E-state index in [-0.39, 0.29) is 23.9 Å². The van der Waals surface area contributed by atoms with Crippen LogP contribution in [0.1, 0.15) is 47.0 Å². The molecule has 0 aromatic carbocycles. The molecule has 88 valence electrons. The highest BCUT2D eigenvalue weighted by molar-refractivity contribution is 5.82. The molecule has 0 aromatic heterocycles. The molecule has 0 aromatic rings. The van der Waals surface area contributed by atoms with Crippen molar-refractivity contribution in [3.8, 4) is 0 Å². The summed E-state index contributed by atoms with van der Waals surface area (Å²) >= 11 is 0. The Labute approximate surface area is 91.8 Å². The van der Waals surface area contributed by atoms with E-state index in [0.717, 1.165) is 12.8 Å². The van der Waals surface area contributed by atoms with E-state index in [2.05, 4.69) is 0 Å². The highest BCUT2D eigenvalue weighted by atomic mass is 19.1. The minimum Gasteiger partial charge on any atom is -0.335 e. The summed E-state index contributed by atoms with van der Waals surface area (Å²) in [4.78, 5) is 13.7. The van der Waals surface area contributed by atoms with Crippen LogP contribution in [0.25, 0.3) is 0 Å². The van der Waals surface area contributed by atoms with Gasteiger partial charge in [-0.25, -0.2) is 4.39 Å². The van der Waals surface area contributed by atoms with Gasteiger partial charge in [0.1, 0.15) is 0 Å². The number of nitrogens with zero attached hydrogens (tertiary/aromatic N) is 1. The van der Waals surface area contributed by atoms with Gasteiger partial charge < -0.3 is 4.90 Å². The number of carbonyl (C=O) groups excluding carboxylic acids is 1. The fourth-order valence-corrected chi connectivity index (χ4v) is 2.22. The van der Waals surface area contributed by atoms with Crippen molar-refractivity contribution in [3.05, 3.63) is 0 Å². The van der Waals surface area contributed by atoms with Gasteiger partial charge in [0.05, 0.1) is 0 Å². The average Bonchev–Trinajstić information content (AvgIpc) is 2.55. The summed E-state index contributed by atoms with van der Waals surface area (Å²) in [6.45, 7) is 7.73. The van der Waals surface area contributed by atoms with E-state index in [1.807, 2.05) is 20.8 Å². The summed E-state index contributed by atoms with van der Waals surface area (Å²) in [6.07, 6.45) is 1.39. The molecule has 4 atom stereocenters. The van der Waals surface area contributed by atoms with Crippen molar-refractivity contribution < 1.29 is 9.18 Å². The Morgan fingerprint density at radius 2 is 1.87 bits per heavy atom. The molecule has 0 unspecified atom stereocenters. The number of likely N-dealkylation sites (tertiary alicyclic amines) is 1. The molecule has 1 fully saturated rings. The molecule has 0 bridgehead atoms. The number of halogens is 1. The maximum absolute atomic E-state index is 13.8. The topological polar surface area (TPSA) is 20.3 Å². The molecular formula is C12H22FNO. The maximum Gasteiger partial charge on any atom is 0.257 e. The van der Waals surface area contributed by atoms with Gasteiger partial charge in [-0.15, -0.1) is 0 Å². The lowest BCUT2D eigenvalue weighted by Gasteiger charge is -2.29. The second-order valence-corrected chi connectivity index (χ2v) is 4.81. The summed E-state index contributed by atoms with van der Waals surface area (Å²) < 4.78 is 13.8. The zero-order chi connectivity index (χ0) is 11.6. The van der Waals surface area contributed by atoms with Crippen molar-refractivity contribution in [1.82, 2.24) is 4.90 Å². The molecule has 15 heavy (non-hydrogen) atoms. The largest absolute Gasteiger partial charge is 0.335 e. The van der Waals surface area contributed by atoms with E-state index in [1.165, 1.54) is 0 Å². The van der Waals surface area contributed by atoms with E-state index in [4.69, 9.17) is 0 Å². The summed E-state index contributed by atoms with van der Waals surface area (Å²) in [5, 5.41) is 0. The van der Waals surface area contributed by atoms with Crippen molar-refractivity contribution >= 4 is 5.91 Å². The molecular weight excluding hydrogens is 193 g/mol. The van der Waals surface area contributed by atoms with Crippen LogP contribution in [0.4, 0.5) is 4.39 Å². The van der Waals surface area contributed by atoms with Crippen LogP contribution in [-0.4, -0.2) is 29.1 Å². The van der Waals surface area contributed by atoms with Crippen molar-refractivity contribution in [2.75, 3.05) is 0 Å². The van der Waals surface area contributed by atoms with Gasteiger partial charge in [-0.05, 0) is 32.6 Å². The number of carbonyl (C=O) groups is 1. The van der Waals surface area contributed by atoms with E-state index in [1.54, 1.807) is 11.8 Å². The lowest BCUT2D eigenvalue weighted by atomic mass is 10.0. The van der Waals surface area contributed by atoms with Crippen LogP contribution < -0.4 is 0 Å². The Kier molecular flexibility index (Phi) is 4.12. The molecule has 1 heterocycles. The second-order valence-electron chi connectivity index (χ2n) is 4.81. The van der Waals surface area contributed by atoms with Crippen LogP contribution in [0.3, 0.4) is 0 Å². The minimum atomic E-state index is -1.32. The first-order valence-electron chi connectivity index (χ1n) is 5.95. The number of hydrogen-bond acceptors (Lipinski definition) is 1. The van der Waals surface area contributed by atoms with E-state index in [0.29, 0.717) is 6.42 Å². The Morgan fingerprint density at radius 1 is 1.40 bits per heavy atom. The zero-order valence-corrected chi connectivity index (χ0v) is 10.2. The number of amides is 1. The molecule has 2 nitrogen and oxygen atoms in total. The minimum absolute atomic E-state index is 0.169. The van der Waals surface area contributed by atoms with Crippen LogP contribution in [-0.2, 0) is 4.79 Å². The molecule has 3 heteroatoms. The highest BCUT2D eigenvalue weighted by Crippen LogP contribution is 2.26. The number of hydrogen-bond donors (Lipinski definition) is 0. The summed E-state index contributed by atoms with van der Waals surface area (Å²) in [7, 11) is 0. The highest BCUT2D eigenvalue weighted by Gasteiger charge is 2.36. The van der Waals surface area contributed by atoms with E-state index in [9.17, 15) is 9.18 Å². The van der Waals surface area contributed by atoms with Gasteiger partial charge in [0, 0.05) is 12.1 Å². The van der Waals surface area contributed by atoms with E-state index >= 15 is 0 Å². The van der Waals surface area contributed by atoms with Crippen LogP contribution in [0.5, 0.6) is 0 Å². The Bertz CT molecular complexity index is 222. The number of alkyl halides is 1. The first-order chi connectivity index (χ1) is 6.99. The third kappa shape index (κ3) is 2.50. The SMILES string of the molecule is CC[C@@H](C)[C@H](F)C(=O)N1[C@H](C)CC[C@H]1C. The first-order valence-corrected chi connectivity index (χ1v) is 5.95. The van der Waals surface area contributed by atoms with Gasteiger partial charge in [0.2, 0.25) is 0 Å². The van der Waals surface area contributed by atoms with Crippen LogP contribution in [0.15, 0.2) is 0 Å². The predicted molar refractivity (Wildman–Crippen MR) is 59.4 cm³/mol. The van der Waals surface area contributed by atoms with Crippen molar-refractivity contribution in [3.63, 3.8) is 0 Å². The van der Waals surface area contributed by atoms with Gasteiger partial charge in [0.15, 0.2) is 6.17 Å². The quantitative estimate of drug-likeness (QED) is 0.709.